The van der Waals surface area contributed by atoms with Crippen molar-refractivity contribution in [1.29, 1.82) is 0 Å². The molecule has 0 heterocycles. The first-order valence-corrected chi connectivity index (χ1v) is 6.96. The van der Waals surface area contributed by atoms with Crippen LogP contribution in [0.25, 0.3) is 0 Å². The van der Waals surface area contributed by atoms with Crippen molar-refractivity contribution in [2.45, 2.75) is 24.7 Å². The van der Waals surface area contributed by atoms with Crippen LogP contribution in [0.5, 0.6) is 0 Å². The van der Waals surface area contributed by atoms with Crippen LogP contribution >= 0.6 is 0 Å². The third-order valence-electron chi connectivity index (χ3n) is 2.29. The number of carbonyl (C=O) groups excluding carboxylic acids is 1. The summed E-state index contributed by atoms with van der Waals surface area (Å²) in [6.45, 7) is 1.92. The Hall–Kier alpha value is -1.60. The highest BCUT2D eigenvalue weighted by Crippen LogP contribution is 2.13. The van der Waals surface area contributed by atoms with E-state index in [-0.39, 0.29) is 16.4 Å². The lowest BCUT2D eigenvalue weighted by atomic mass is 10.1. The monoisotopic (exact) mass is 250 g/mol. The molecule has 0 fully saturated rings. The standard InChI is InChI=1S/C13H14O3S/c1-3-5-13(14)11-6-8-12(9-7-11)17(15,16)10-4-2/h2,6-9H,3,5,10H2,1H3. The van der Waals surface area contributed by atoms with Crippen LogP contribution in [-0.2, 0) is 9.84 Å². The quantitative estimate of drug-likeness (QED) is 0.594. The molecule has 0 aliphatic heterocycles. The second kappa shape index (κ2) is 5.65. The summed E-state index contributed by atoms with van der Waals surface area (Å²) in [6.07, 6.45) is 6.23. The molecule has 0 saturated heterocycles. The van der Waals surface area contributed by atoms with E-state index < -0.39 is 9.84 Å². The van der Waals surface area contributed by atoms with E-state index in [4.69, 9.17) is 6.42 Å². The highest BCUT2D eigenvalue weighted by Gasteiger charge is 2.13. The van der Waals surface area contributed by atoms with Gasteiger partial charge in [-0.1, -0.05) is 25.0 Å². The largest absolute Gasteiger partial charge is 0.294 e. The van der Waals surface area contributed by atoms with Crippen LogP contribution in [0.3, 0.4) is 0 Å². The molecular formula is C13H14O3S. The number of sulfone groups is 1. The fraction of sp³-hybridized carbons (Fsp3) is 0.308. The molecule has 1 rings (SSSR count). The van der Waals surface area contributed by atoms with Crippen LogP contribution in [-0.4, -0.2) is 20.0 Å². The molecule has 0 spiro atoms. The fourth-order valence-corrected chi connectivity index (χ4v) is 2.35. The lowest BCUT2D eigenvalue weighted by molar-refractivity contribution is 0.0981. The van der Waals surface area contributed by atoms with E-state index in [1.165, 1.54) is 24.3 Å². The van der Waals surface area contributed by atoms with Crippen LogP contribution in [0.15, 0.2) is 29.2 Å². The Kier molecular flexibility index (Phi) is 4.47. The first kappa shape index (κ1) is 13.5. The second-order valence-corrected chi connectivity index (χ2v) is 5.65. The van der Waals surface area contributed by atoms with Gasteiger partial charge in [0, 0.05) is 12.0 Å². The Bertz CT molecular complexity index is 533. The number of ketones is 1. The summed E-state index contributed by atoms with van der Waals surface area (Å²) in [6, 6.07) is 5.91. The third-order valence-corrected chi connectivity index (χ3v) is 3.82. The molecule has 0 N–H and O–H groups in total. The van der Waals surface area contributed by atoms with E-state index >= 15 is 0 Å². The van der Waals surface area contributed by atoms with Gasteiger partial charge in [-0.2, -0.15) is 0 Å². The molecule has 0 saturated carbocycles. The van der Waals surface area contributed by atoms with Gasteiger partial charge in [0.05, 0.1) is 4.90 Å². The molecule has 0 aliphatic carbocycles. The van der Waals surface area contributed by atoms with E-state index in [1.54, 1.807) is 0 Å². The molecular weight excluding hydrogens is 236 g/mol. The van der Waals surface area contributed by atoms with Gasteiger partial charge >= 0.3 is 0 Å². The summed E-state index contributed by atoms with van der Waals surface area (Å²) in [7, 11) is -3.41. The van der Waals surface area contributed by atoms with Crippen molar-refractivity contribution < 1.29 is 13.2 Å². The van der Waals surface area contributed by atoms with Gasteiger partial charge in [-0.25, -0.2) is 8.42 Å². The smallest absolute Gasteiger partial charge is 0.189 e. The minimum absolute atomic E-state index is 0.0217. The molecule has 17 heavy (non-hydrogen) atoms. The molecule has 1 aromatic carbocycles. The number of benzene rings is 1. The molecule has 0 unspecified atom stereocenters. The first-order valence-electron chi connectivity index (χ1n) is 5.30. The van der Waals surface area contributed by atoms with Crippen molar-refractivity contribution in [3.8, 4) is 12.3 Å². The molecule has 1 aromatic rings. The number of rotatable bonds is 5. The number of terminal acetylenes is 1. The number of Topliss-reactive ketones (excluding diaryl/α,β-unsaturated/α-hetero) is 1. The van der Waals surface area contributed by atoms with E-state index in [2.05, 4.69) is 5.92 Å². The second-order valence-electron chi connectivity index (χ2n) is 3.66. The van der Waals surface area contributed by atoms with Crippen molar-refractivity contribution in [3.05, 3.63) is 29.8 Å². The summed E-state index contributed by atoms with van der Waals surface area (Å²) in [4.78, 5) is 11.7. The molecule has 0 bridgehead atoms. The molecule has 0 radical (unpaired) electrons. The number of hydrogen-bond acceptors (Lipinski definition) is 3. The Balaban J connectivity index is 2.97. The summed E-state index contributed by atoms with van der Waals surface area (Å²) < 4.78 is 23.2. The van der Waals surface area contributed by atoms with E-state index in [9.17, 15) is 13.2 Å². The van der Waals surface area contributed by atoms with Gasteiger partial charge in [0.25, 0.3) is 0 Å². The average Bonchev–Trinajstić information content (AvgIpc) is 2.29. The van der Waals surface area contributed by atoms with E-state index in [0.29, 0.717) is 12.0 Å². The normalized spacial score (nSPS) is 10.8. The summed E-state index contributed by atoms with van der Waals surface area (Å²) in [5.41, 5.74) is 0.534. The number of carbonyl (C=O) groups is 1. The molecule has 3 nitrogen and oxygen atoms in total. The van der Waals surface area contributed by atoms with E-state index in [1.807, 2.05) is 6.92 Å². The van der Waals surface area contributed by atoms with Crippen molar-refractivity contribution in [2.75, 3.05) is 5.75 Å². The topological polar surface area (TPSA) is 51.2 Å². The summed E-state index contributed by atoms with van der Waals surface area (Å²) in [5.74, 6) is 1.81. The summed E-state index contributed by atoms with van der Waals surface area (Å²) >= 11 is 0. The zero-order valence-electron chi connectivity index (χ0n) is 9.64. The first-order chi connectivity index (χ1) is 8.01. The van der Waals surface area contributed by atoms with Crippen molar-refractivity contribution in [3.63, 3.8) is 0 Å². The van der Waals surface area contributed by atoms with Gasteiger partial charge in [0.1, 0.15) is 5.75 Å². The molecule has 0 aliphatic rings. The fourth-order valence-electron chi connectivity index (χ4n) is 1.41. The molecule has 0 amide bonds. The zero-order valence-corrected chi connectivity index (χ0v) is 10.5. The van der Waals surface area contributed by atoms with Crippen molar-refractivity contribution in [2.24, 2.45) is 0 Å². The zero-order chi connectivity index (χ0) is 12.9. The minimum Gasteiger partial charge on any atom is -0.294 e. The van der Waals surface area contributed by atoms with Gasteiger partial charge < -0.3 is 0 Å². The Labute approximate surface area is 102 Å². The van der Waals surface area contributed by atoms with E-state index in [0.717, 1.165) is 6.42 Å². The predicted octanol–water partition coefficient (Wildman–Crippen LogP) is 2.08. The predicted molar refractivity (Wildman–Crippen MR) is 66.6 cm³/mol. The minimum atomic E-state index is -3.41. The van der Waals surface area contributed by atoms with Crippen molar-refractivity contribution in [1.82, 2.24) is 0 Å². The van der Waals surface area contributed by atoms with Crippen LogP contribution in [0, 0.1) is 12.3 Å². The third kappa shape index (κ3) is 3.43. The Morgan fingerprint density at radius 2 is 1.88 bits per heavy atom. The lowest BCUT2D eigenvalue weighted by Gasteiger charge is -2.02. The average molecular weight is 250 g/mol. The highest BCUT2D eigenvalue weighted by atomic mass is 32.2. The molecule has 0 aromatic heterocycles. The van der Waals surface area contributed by atoms with Gasteiger partial charge in [-0.3, -0.25) is 4.79 Å². The van der Waals surface area contributed by atoms with Gasteiger partial charge in [0.15, 0.2) is 15.6 Å². The molecule has 90 valence electrons. The maximum atomic E-state index is 11.6. The Morgan fingerprint density at radius 1 is 1.29 bits per heavy atom. The Morgan fingerprint density at radius 3 is 2.35 bits per heavy atom. The maximum Gasteiger partial charge on any atom is 0.189 e. The van der Waals surface area contributed by atoms with Crippen LogP contribution in [0.1, 0.15) is 30.1 Å². The van der Waals surface area contributed by atoms with Crippen LogP contribution < -0.4 is 0 Å². The van der Waals surface area contributed by atoms with Gasteiger partial charge in [-0.15, -0.1) is 6.42 Å². The van der Waals surface area contributed by atoms with Crippen molar-refractivity contribution >= 4 is 15.6 Å². The molecule has 4 heteroatoms. The number of hydrogen-bond donors (Lipinski definition) is 0. The SMILES string of the molecule is C#CCS(=O)(=O)c1ccc(C(=O)CCC)cc1. The molecule has 0 atom stereocenters. The van der Waals surface area contributed by atoms with Gasteiger partial charge in [0.2, 0.25) is 0 Å². The maximum absolute atomic E-state index is 11.6. The van der Waals surface area contributed by atoms with Crippen LogP contribution in [0.2, 0.25) is 0 Å². The lowest BCUT2D eigenvalue weighted by Crippen LogP contribution is -2.05. The van der Waals surface area contributed by atoms with Crippen LogP contribution in [0.4, 0.5) is 0 Å². The highest BCUT2D eigenvalue weighted by molar-refractivity contribution is 7.91. The summed E-state index contributed by atoms with van der Waals surface area (Å²) in [5, 5.41) is 0. The van der Waals surface area contributed by atoms with Gasteiger partial charge in [-0.05, 0) is 18.6 Å².